The molecule has 3 amide bonds. The summed E-state index contributed by atoms with van der Waals surface area (Å²) in [5, 5.41) is 5.95. The number of carbonyl (C=O) groups is 3. The van der Waals surface area contributed by atoms with Gasteiger partial charge >= 0.3 is 0 Å². The van der Waals surface area contributed by atoms with Crippen LogP contribution in [0.25, 0.3) is 10.4 Å². The van der Waals surface area contributed by atoms with Crippen molar-refractivity contribution in [2.75, 3.05) is 34.8 Å². The molecule has 42 heavy (non-hydrogen) atoms. The number of benzene rings is 2. The van der Waals surface area contributed by atoms with Crippen LogP contribution in [0.4, 0.5) is 21.6 Å². The fraction of sp³-hybridized carbons (Fsp3) is 0.250. The molecule has 3 aliphatic rings. The van der Waals surface area contributed by atoms with Crippen molar-refractivity contribution in [3.63, 3.8) is 0 Å². The van der Waals surface area contributed by atoms with Gasteiger partial charge in [0.2, 0.25) is 0 Å². The summed E-state index contributed by atoms with van der Waals surface area (Å²) in [6.45, 7) is 0.866. The third-order valence-electron chi connectivity index (χ3n) is 7.77. The Kier molecular flexibility index (Phi) is 6.70. The van der Waals surface area contributed by atoms with E-state index in [1.807, 2.05) is 30.3 Å². The SMILES string of the molecule is O=C(NC1CC1)c1cc2c(s1)-c1ccccc1N(C(=O)c1cccc(NC(=O)c3cccnc3N3CC(F)C3)c1)CC2. The van der Waals surface area contributed by atoms with E-state index in [9.17, 15) is 18.8 Å². The summed E-state index contributed by atoms with van der Waals surface area (Å²) in [6, 6.07) is 20.2. The van der Waals surface area contributed by atoms with Crippen molar-refractivity contribution >= 4 is 46.3 Å². The second kappa shape index (κ2) is 10.7. The first-order valence-corrected chi connectivity index (χ1v) is 14.9. The van der Waals surface area contributed by atoms with Gasteiger partial charge in [-0.1, -0.05) is 24.3 Å². The van der Waals surface area contributed by atoms with Crippen molar-refractivity contribution in [3.8, 4) is 10.4 Å². The molecule has 0 atom stereocenters. The Labute approximate surface area is 246 Å². The number of nitrogens with zero attached hydrogens (tertiary/aromatic N) is 3. The normalized spacial score (nSPS) is 16.1. The van der Waals surface area contributed by atoms with Crippen molar-refractivity contribution in [2.24, 2.45) is 0 Å². The van der Waals surface area contributed by atoms with E-state index in [1.165, 1.54) is 11.3 Å². The number of halogens is 1. The summed E-state index contributed by atoms with van der Waals surface area (Å²) in [7, 11) is 0. The molecule has 0 radical (unpaired) electrons. The number of alkyl halides is 1. The number of pyridine rings is 1. The quantitative estimate of drug-likeness (QED) is 0.322. The van der Waals surface area contributed by atoms with Crippen LogP contribution in [0.1, 0.15) is 48.8 Å². The van der Waals surface area contributed by atoms with Crippen LogP contribution >= 0.6 is 11.3 Å². The maximum atomic E-state index is 13.9. The van der Waals surface area contributed by atoms with E-state index in [4.69, 9.17) is 0 Å². The van der Waals surface area contributed by atoms with Crippen molar-refractivity contribution in [2.45, 2.75) is 31.5 Å². The zero-order valence-electron chi connectivity index (χ0n) is 22.7. The Hall–Kier alpha value is -4.57. The van der Waals surface area contributed by atoms with Gasteiger partial charge in [0, 0.05) is 40.5 Å². The number of thiophene rings is 1. The average molecular weight is 582 g/mol. The Bertz CT molecular complexity index is 1710. The molecule has 212 valence electrons. The van der Waals surface area contributed by atoms with Crippen molar-refractivity contribution in [1.29, 1.82) is 0 Å². The molecule has 7 rings (SSSR count). The largest absolute Gasteiger partial charge is 0.350 e. The third kappa shape index (κ3) is 5.02. The highest BCUT2D eigenvalue weighted by Crippen LogP contribution is 2.42. The number of amides is 3. The molecule has 0 unspecified atom stereocenters. The lowest BCUT2D eigenvalue weighted by Gasteiger charge is -2.36. The van der Waals surface area contributed by atoms with Crippen molar-refractivity contribution in [3.05, 3.63) is 94.5 Å². The fourth-order valence-corrected chi connectivity index (χ4v) is 6.56. The summed E-state index contributed by atoms with van der Waals surface area (Å²) >= 11 is 1.47. The molecule has 0 spiro atoms. The van der Waals surface area contributed by atoms with Gasteiger partial charge in [-0.2, -0.15) is 0 Å². The molecule has 1 saturated carbocycles. The summed E-state index contributed by atoms with van der Waals surface area (Å²) in [6.07, 6.45) is 3.34. The van der Waals surface area contributed by atoms with Gasteiger partial charge in [0.25, 0.3) is 17.7 Å². The highest BCUT2D eigenvalue weighted by Gasteiger charge is 2.31. The van der Waals surface area contributed by atoms with E-state index in [0.717, 1.165) is 34.5 Å². The molecule has 1 saturated heterocycles. The lowest BCUT2D eigenvalue weighted by Crippen LogP contribution is -2.49. The molecule has 8 nitrogen and oxygen atoms in total. The number of para-hydroxylation sites is 1. The molecular weight excluding hydrogens is 553 g/mol. The third-order valence-corrected chi connectivity index (χ3v) is 8.98. The summed E-state index contributed by atoms with van der Waals surface area (Å²) in [4.78, 5) is 49.3. The monoisotopic (exact) mass is 581 g/mol. The van der Waals surface area contributed by atoms with Gasteiger partial charge in [-0.3, -0.25) is 14.4 Å². The van der Waals surface area contributed by atoms with Gasteiger partial charge < -0.3 is 20.4 Å². The molecule has 2 aromatic carbocycles. The first-order chi connectivity index (χ1) is 20.4. The Morgan fingerprint density at radius 3 is 2.60 bits per heavy atom. The fourth-order valence-electron chi connectivity index (χ4n) is 5.41. The van der Waals surface area contributed by atoms with E-state index in [2.05, 4.69) is 15.6 Å². The van der Waals surface area contributed by atoms with Crippen LogP contribution in [0.3, 0.4) is 0 Å². The molecule has 2 fully saturated rings. The van der Waals surface area contributed by atoms with Gasteiger partial charge in [-0.05, 0) is 67.3 Å². The number of nitrogens with one attached hydrogen (secondary N) is 2. The average Bonchev–Trinajstić information content (AvgIpc) is 3.73. The van der Waals surface area contributed by atoms with Gasteiger partial charge in [0.1, 0.15) is 12.0 Å². The van der Waals surface area contributed by atoms with E-state index in [-0.39, 0.29) is 36.9 Å². The van der Waals surface area contributed by atoms with Crippen LogP contribution in [0, 0.1) is 0 Å². The number of fused-ring (bicyclic) bond motifs is 3. The van der Waals surface area contributed by atoms with Gasteiger partial charge in [-0.25, -0.2) is 9.37 Å². The van der Waals surface area contributed by atoms with Gasteiger partial charge in [0.05, 0.1) is 29.2 Å². The Morgan fingerprint density at radius 2 is 1.79 bits per heavy atom. The number of rotatable bonds is 6. The van der Waals surface area contributed by atoms with Crippen LogP contribution in [0.2, 0.25) is 0 Å². The van der Waals surface area contributed by atoms with Crippen LogP contribution in [0.15, 0.2) is 72.9 Å². The highest BCUT2D eigenvalue weighted by molar-refractivity contribution is 7.17. The minimum atomic E-state index is -0.922. The first kappa shape index (κ1) is 26.3. The van der Waals surface area contributed by atoms with E-state index >= 15 is 0 Å². The number of aromatic nitrogens is 1. The summed E-state index contributed by atoms with van der Waals surface area (Å²) in [5.74, 6) is -0.152. The van der Waals surface area contributed by atoms with Crippen LogP contribution < -0.4 is 20.4 Å². The highest BCUT2D eigenvalue weighted by atomic mass is 32.1. The summed E-state index contributed by atoms with van der Waals surface area (Å²) in [5.41, 5.74) is 4.02. The number of anilines is 3. The van der Waals surface area contributed by atoms with E-state index in [1.54, 1.807) is 52.4 Å². The van der Waals surface area contributed by atoms with Crippen LogP contribution in [0.5, 0.6) is 0 Å². The second-order valence-corrected chi connectivity index (χ2v) is 11.9. The molecule has 2 aromatic heterocycles. The maximum absolute atomic E-state index is 13.9. The number of carbonyl (C=O) groups excluding carboxylic acids is 3. The Balaban J connectivity index is 1.13. The Morgan fingerprint density at radius 1 is 0.952 bits per heavy atom. The smallest absolute Gasteiger partial charge is 0.261 e. The minimum absolute atomic E-state index is 0.0327. The zero-order valence-corrected chi connectivity index (χ0v) is 23.5. The molecule has 2 aliphatic heterocycles. The topological polar surface area (TPSA) is 94.6 Å². The predicted molar refractivity (Wildman–Crippen MR) is 161 cm³/mol. The zero-order chi connectivity index (χ0) is 28.8. The van der Waals surface area contributed by atoms with Gasteiger partial charge in [0.15, 0.2) is 0 Å². The minimum Gasteiger partial charge on any atom is -0.350 e. The molecule has 2 N–H and O–H groups in total. The molecule has 1 aliphatic carbocycles. The number of hydrogen-bond donors (Lipinski definition) is 2. The van der Waals surface area contributed by atoms with Crippen molar-refractivity contribution in [1.82, 2.24) is 10.3 Å². The lowest BCUT2D eigenvalue weighted by atomic mass is 10.1. The van der Waals surface area contributed by atoms with Gasteiger partial charge in [-0.15, -0.1) is 11.3 Å². The molecule has 10 heteroatoms. The van der Waals surface area contributed by atoms with E-state index < -0.39 is 6.17 Å². The first-order valence-electron chi connectivity index (χ1n) is 14.0. The summed E-state index contributed by atoms with van der Waals surface area (Å²) < 4.78 is 13.5. The lowest BCUT2D eigenvalue weighted by molar-refractivity contribution is 0.0952. The molecule has 0 bridgehead atoms. The standard InChI is InChI=1S/C32H28FN5O3S/c33-21-17-37(18-21)29-25(8-4-13-34-29)30(39)36-23-6-3-5-20(15-23)32(41)38-14-12-19-16-27(31(40)35-22-10-11-22)42-28(19)24-7-1-2-9-26(24)38/h1-9,13,15-16,21-22H,10-12,14,17-18H2,(H,35,40)(H,36,39). The molecule has 4 aromatic rings. The van der Waals surface area contributed by atoms with Crippen LogP contribution in [-0.2, 0) is 6.42 Å². The van der Waals surface area contributed by atoms with E-state index in [0.29, 0.717) is 40.5 Å². The molecule has 4 heterocycles. The number of hydrogen-bond acceptors (Lipinski definition) is 6. The van der Waals surface area contributed by atoms with Crippen molar-refractivity contribution < 1.29 is 18.8 Å². The maximum Gasteiger partial charge on any atom is 0.261 e. The predicted octanol–water partition coefficient (Wildman–Crippen LogP) is 5.32. The van der Waals surface area contributed by atoms with Crippen LogP contribution in [-0.4, -0.2) is 54.6 Å². The second-order valence-electron chi connectivity index (χ2n) is 10.8. The molecular formula is C32H28FN5O3S.